The molecule has 0 aliphatic rings. The van der Waals surface area contributed by atoms with Crippen LogP contribution in [0.4, 0.5) is 0 Å². The minimum atomic E-state index is -0.349. The fourth-order valence-electron chi connectivity index (χ4n) is 2.30. The van der Waals surface area contributed by atoms with Gasteiger partial charge in [-0.3, -0.25) is 9.59 Å². The van der Waals surface area contributed by atoms with Crippen LogP contribution in [0.15, 0.2) is 30.9 Å². The molecular weight excluding hydrogens is 304 g/mol. The SMILES string of the molecule is C=CCC(C)(C)C(CC#Cc1ccc(OC)cc1C=O)OC(C)=O. The smallest absolute Gasteiger partial charge is 0.302 e. The lowest BCUT2D eigenvalue weighted by Gasteiger charge is -2.31. The molecule has 1 unspecified atom stereocenters. The van der Waals surface area contributed by atoms with Crippen molar-refractivity contribution in [1.82, 2.24) is 0 Å². The number of ether oxygens (including phenoxy) is 2. The Balaban J connectivity index is 2.99. The van der Waals surface area contributed by atoms with Gasteiger partial charge in [-0.05, 0) is 24.6 Å². The van der Waals surface area contributed by atoms with Crippen molar-refractivity contribution in [2.75, 3.05) is 7.11 Å². The van der Waals surface area contributed by atoms with Gasteiger partial charge in [0.25, 0.3) is 0 Å². The first-order valence-corrected chi connectivity index (χ1v) is 7.74. The molecule has 0 heterocycles. The second kappa shape index (κ2) is 8.93. The summed E-state index contributed by atoms with van der Waals surface area (Å²) in [4.78, 5) is 22.5. The van der Waals surface area contributed by atoms with Crippen LogP contribution in [0.5, 0.6) is 5.75 Å². The van der Waals surface area contributed by atoms with Crippen molar-refractivity contribution in [3.63, 3.8) is 0 Å². The third-order valence-corrected chi connectivity index (χ3v) is 3.75. The number of hydrogen-bond acceptors (Lipinski definition) is 4. The van der Waals surface area contributed by atoms with E-state index < -0.39 is 0 Å². The molecule has 0 fully saturated rings. The van der Waals surface area contributed by atoms with Crippen molar-refractivity contribution in [2.24, 2.45) is 5.41 Å². The fraction of sp³-hybridized carbons (Fsp3) is 0.400. The second-order valence-electron chi connectivity index (χ2n) is 6.16. The maximum atomic E-state index is 11.4. The Kier molecular flexibility index (Phi) is 7.26. The van der Waals surface area contributed by atoms with Crippen molar-refractivity contribution < 1.29 is 19.1 Å². The van der Waals surface area contributed by atoms with E-state index in [9.17, 15) is 9.59 Å². The Morgan fingerprint density at radius 2 is 2.12 bits per heavy atom. The number of esters is 1. The maximum Gasteiger partial charge on any atom is 0.302 e. The van der Waals surface area contributed by atoms with Crippen LogP contribution in [0.3, 0.4) is 0 Å². The molecule has 0 radical (unpaired) electrons. The molecule has 0 amide bonds. The summed E-state index contributed by atoms with van der Waals surface area (Å²) in [7, 11) is 1.54. The van der Waals surface area contributed by atoms with Gasteiger partial charge in [0.15, 0.2) is 6.29 Å². The van der Waals surface area contributed by atoms with E-state index in [1.165, 1.54) is 6.92 Å². The third-order valence-electron chi connectivity index (χ3n) is 3.75. The Morgan fingerprint density at radius 1 is 1.42 bits per heavy atom. The molecular formula is C20H24O4. The van der Waals surface area contributed by atoms with E-state index in [0.717, 1.165) is 6.29 Å². The van der Waals surface area contributed by atoms with Gasteiger partial charge in [0.1, 0.15) is 11.9 Å². The van der Waals surface area contributed by atoms with Crippen molar-refractivity contribution in [3.8, 4) is 17.6 Å². The van der Waals surface area contributed by atoms with E-state index >= 15 is 0 Å². The van der Waals surface area contributed by atoms with Crippen LogP contribution < -0.4 is 4.74 Å². The highest BCUT2D eigenvalue weighted by Gasteiger charge is 2.30. The van der Waals surface area contributed by atoms with Crippen LogP contribution in [0.2, 0.25) is 0 Å². The monoisotopic (exact) mass is 328 g/mol. The summed E-state index contributed by atoms with van der Waals surface area (Å²) in [6.45, 7) is 9.15. The van der Waals surface area contributed by atoms with Crippen LogP contribution in [0.25, 0.3) is 0 Å². The molecule has 0 aliphatic carbocycles. The number of rotatable bonds is 7. The Hall–Kier alpha value is -2.54. The predicted octanol–water partition coefficient (Wildman–Crippen LogP) is 3.78. The van der Waals surface area contributed by atoms with Crippen LogP contribution in [0, 0.1) is 17.3 Å². The number of allylic oxidation sites excluding steroid dienone is 1. The highest BCUT2D eigenvalue weighted by atomic mass is 16.5. The van der Waals surface area contributed by atoms with E-state index in [4.69, 9.17) is 9.47 Å². The van der Waals surface area contributed by atoms with Gasteiger partial charge in [-0.1, -0.05) is 31.8 Å². The third kappa shape index (κ3) is 5.58. The molecule has 0 aromatic heterocycles. The van der Waals surface area contributed by atoms with E-state index in [0.29, 0.717) is 29.7 Å². The number of methoxy groups -OCH3 is 1. The summed E-state index contributed by atoms with van der Waals surface area (Å²) < 4.78 is 10.5. The van der Waals surface area contributed by atoms with E-state index in [1.54, 1.807) is 31.4 Å². The summed E-state index contributed by atoms with van der Waals surface area (Å²) in [6.07, 6.45) is 3.29. The number of aldehydes is 1. The molecule has 1 rings (SSSR count). The van der Waals surface area contributed by atoms with Crippen LogP contribution in [0.1, 0.15) is 49.5 Å². The van der Waals surface area contributed by atoms with E-state index in [1.807, 2.05) is 13.8 Å². The van der Waals surface area contributed by atoms with E-state index in [-0.39, 0.29) is 17.5 Å². The molecule has 1 aromatic rings. The molecule has 0 spiro atoms. The molecule has 1 atom stereocenters. The quantitative estimate of drug-likeness (QED) is 0.331. The predicted molar refractivity (Wildman–Crippen MR) is 94.0 cm³/mol. The van der Waals surface area contributed by atoms with E-state index in [2.05, 4.69) is 18.4 Å². The van der Waals surface area contributed by atoms with Gasteiger partial charge in [0, 0.05) is 29.9 Å². The summed E-state index contributed by atoms with van der Waals surface area (Å²) in [5, 5.41) is 0. The molecule has 0 N–H and O–H groups in total. The fourth-order valence-corrected chi connectivity index (χ4v) is 2.30. The van der Waals surface area contributed by atoms with Crippen molar-refractivity contribution >= 4 is 12.3 Å². The minimum Gasteiger partial charge on any atom is -0.497 e. The Labute approximate surface area is 143 Å². The number of benzene rings is 1. The van der Waals surface area contributed by atoms with Gasteiger partial charge >= 0.3 is 5.97 Å². The highest BCUT2D eigenvalue weighted by molar-refractivity contribution is 5.80. The Morgan fingerprint density at radius 3 is 2.67 bits per heavy atom. The van der Waals surface area contributed by atoms with Gasteiger partial charge in [-0.25, -0.2) is 0 Å². The molecule has 0 saturated heterocycles. The van der Waals surface area contributed by atoms with Crippen molar-refractivity contribution in [2.45, 2.75) is 39.7 Å². The molecule has 4 nitrogen and oxygen atoms in total. The lowest BCUT2D eigenvalue weighted by Crippen LogP contribution is -2.32. The highest BCUT2D eigenvalue weighted by Crippen LogP contribution is 2.30. The average Bonchev–Trinajstić information content (AvgIpc) is 2.53. The molecule has 0 bridgehead atoms. The topological polar surface area (TPSA) is 52.6 Å². The summed E-state index contributed by atoms with van der Waals surface area (Å²) >= 11 is 0. The van der Waals surface area contributed by atoms with Crippen LogP contribution >= 0.6 is 0 Å². The molecule has 0 aliphatic heterocycles. The zero-order chi connectivity index (χ0) is 18.2. The molecule has 24 heavy (non-hydrogen) atoms. The largest absolute Gasteiger partial charge is 0.497 e. The van der Waals surface area contributed by atoms with Gasteiger partial charge in [0.05, 0.1) is 7.11 Å². The zero-order valence-electron chi connectivity index (χ0n) is 14.7. The van der Waals surface area contributed by atoms with Crippen LogP contribution in [-0.4, -0.2) is 25.5 Å². The van der Waals surface area contributed by atoms with Gasteiger partial charge < -0.3 is 9.47 Å². The lowest BCUT2D eigenvalue weighted by molar-refractivity contribution is -0.152. The summed E-state index contributed by atoms with van der Waals surface area (Å²) in [5.41, 5.74) is 0.820. The summed E-state index contributed by atoms with van der Waals surface area (Å²) in [5.74, 6) is 6.27. The molecule has 0 saturated carbocycles. The second-order valence-corrected chi connectivity index (χ2v) is 6.16. The first-order chi connectivity index (χ1) is 11.3. The first kappa shape index (κ1) is 19.5. The molecule has 4 heteroatoms. The summed E-state index contributed by atoms with van der Waals surface area (Å²) in [6, 6.07) is 5.13. The van der Waals surface area contributed by atoms with Crippen molar-refractivity contribution in [3.05, 3.63) is 42.0 Å². The lowest BCUT2D eigenvalue weighted by atomic mass is 9.81. The van der Waals surface area contributed by atoms with Gasteiger partial charge in [-0.2, -0.15) is 0 Å². The van der Waals surface area contributed by atoms with Gasteiger partial charge in [0.2, 0.25) is 0 Å². The average molecular weight is 328 g/mol. The number of hydrogen-bond donors (Lipinski definition) is 0. The van der Waals surface area contributed by atoms with Crippen molar-refractivity contribution in [1.29, 1.82) is 0 Å². The minimum absolute atomic E-state index is 0.268. The molecule has 1 aromatic carbocycles. The Bertz CT molecular complexity index is 662. The number of carbonyl (C=O) groups is 2. The van der Waals surface area contributed by atoms with Crippen LogP contribution in [-0.2, 0) is 9.53 Å². The maximum absolute atomic E-state index is 11.4. The number of carbonyl (C=O) groups excluding carboxylic acids is 2. The van der Waals surface area contributed by atoms with Gasteiger partial charge in [-0.15, -0.1) is 6.58 Å². The first-order valence-electron chi connectivity index (χ1n) is 7.74. The molecule has 128 valence electrons. The zero-order valence-corrected chi connectivity index (χ0v) is 14.7. The standard InChI is InChI=1S/C20H24O4/c1-6-12-20(3,4)19(24-15(2)22)9-7-8-16-10-11-18(23-5)13-17(16)14-21/h6,10-11,13-14,19H,1,9,12H2,2-5H3. The normalized spacial score (nSPS) is 11.7.